The van der Waals surface area contributed by atoms with Gasteiger partial charge < -0.3 is 16.0 Å². The molecule has 2 saturated carbocycles. The Bertz CT molecular complexity index is 1000. The fourth-order valence-corrected chi connectivity index (χ4v) is 4.44. The maximum absolute atomic E-state index is 8.91. The van der Waals surface area contributed by atoms with E-state index in [1.165, 1.54) is 44.1 Å². The summed E-state index contributed by atoms with van der Waals surface area (Å²) in [6, 6.07) is 19.9. The van der Waals surface area contributed by atoms with Gasteiger partial charge in [0.1, 0.15) is 0 Å². The van der Waals surface area contributed by atoms with Crippen molar-refractivity contribution in [2.45, 2.75) is 85.5 Å². The van der Waals surface area contributed by atoms with E-state index in [9.17, 15) is 0 Å². The smallest absolute Gasteiger partial charge is 0.0991 e. The molecule has 0 aromatic heterocycles. The van der Waals surface area contributed by atoms with Crippen LogP contribution in [0.15, 0.2) is 61.3 Å². The van der Waals surface area contributed by atoms with Crippen LogP contribution in [0.5, 0.6) is 0 Å². The number of rotatable bonds is 8. The third kappa shape index (κ3) is 14.2. The zero-order chi connectivity index (χ0) is 30.2. The number of nitrogens with zero attached hydrogens (tertiary/aromatic N) is 2. The van der Waals surface area contributed by atoms with E-state index in [0.717, 1.165) is 42.7 Å². The molecule has 40 heavy (non-hydrogen) atoms. The van der Waals surface area contributed by atoms with Crippen molar-refractivity contribution in [1.29, 1.82) is 10.5 Å². The highest BCUT2D eigenvalue weighted by Gasteiger charge is 2.55. The van der Waals surface area contributed by atoms with Gasteiger partial charge in [-0.1, -0.05) is 79.5 Å². The minimum absolute atomic E-state index is 0.477. The molecule has 220 valence electrons. The van der Waals surface area contributed by atoms with Gasteiger partial charge in [-0.05, 0) is 91.2 Å². The molecular weight excluding hydrogens is 490 g/mol. The van der Waals surface area contributed by atoms with Gasteiger partial charge in [0.15, 0.2) is 0 Å². The van der Waals surface area contributed by atoms with Gasteiger partial charge in [0.2, 0.25) is 0 Å². The van der Waals surface area contributed by atoms with Crippen LogP contribution in [0.2, 0.25) is 0 Å². The van der Waals surface area contributed by atoms with Crippen molar-refractivity contribution in [3.8, 4) is 12.1 Å². The molecule has 2 aliphatic carbocycles. The van der Waals surface area contributed by atoms with Crippen molar-refractivity contribution >= 4 is 5.69 Å². The monoisotopic (exact) mass is 545 g/mol. The largest absolute Gasteiger partial charge is 0.390 e. The number of nitrogens with one attached hydrogen (secondary N) is 3. The summed E-state index contributed by atoms with van der Waals surface area (Å²) in [6.45, 7) is 19.3. The lowest BCUT2D eigenvalue weighted by Crippen LogP contribution is -2.23. The molecule has 0 saturated heterocycles. The van der Waals surface area contributed by atoms with E-state index in [0.29, 0.717) is 11.0 Å². The van der Waals surface area contributed by atoms with Crippen molar-refractivity contribution in [3.05, 3.63) is 78.0 Å². The minimum Gasteiger partial charge on any atom is -0.390 e. The molecule has 2 aromatic carbocycles. The first-order valence-corrected chi connectivity index (χ1v) is 15.1. The number of fused-ring (bicyclic) bond motifs is 1. The predicted octanol–water partition coefficient (Wildman–Crippen LogP) is 8.40. The Hall–Kier alpha value is -3.28. The highest BCUT2D eigenvalue weighted by atomic mass is 14.9. The van der Waals surface area contributed by atoms with Gasteiger partial charge in [0.25, 0.3) is 0 Å². The van der Waals surface area contributed by atoms with Crippen LogP contribution < -0.4 is 16.0 Å². The quantitative estimate of drug-likeness (QED) is 0.290. The van der Waals surface area contributed by atoms with Crippen LogP contribution in [0, 0.1) is 34.5 Å². The summed E-state index contributed by atoms with van der Waals surface area (Å²) < 4.78 is 0. The molecule has 0 aliphatic heterocycles. The van der Waals surface area contributed by atoms with Crippen molar-refractivity contribution in [3.63, 3.8) is 0 Å². The first-order valence-electron chi connectivity index (χ1n) is 15.1. The third-order valence-corrected chi connectivity index (χ3v) is 7.18. The van der Waals surface area contributed by atoms with Gasteiger partial charge in [-0.25, -0.2) is 0 Å². The minimum atomic E-state index is 0.477. The molecule has 2 atom stereocenters. The van der Waals surface area contributed by atoms with Crippen LogP contribution in [0.3, 0.4) is 0 Å². The van der Waals surface area contributed by atoms with Crippen LogP contribution >= 0.6 is 0 Å². The molecule has 2 aliphatic rings. The average Bonchev–Trinajstić information content (AvgIpc) is 3.78. The topological polar surface area (TPSA) is 83.7 Å². The predicted molar refractivity (Wildman–Crippen MR) is 173 cm³/mol. The third-order valence-electron chi connectivity index (χ3n) is 7.18. The zero-order valence-corrected chi connectivity index (χ0v) is 26.3. The molecule has 5 heteroatoms. The van der Waals surface area contributed by atoms with Gasteiger partial charge in [0.05, 0.1) is 23.3 Å². The lowest BCUT2D eigenvalue weighted by atomic mass is 9.82. The molecule has 0 amide bonds. The molecule has 2 unspecified atom stereocenters. The molecular formula is C35H55N5. The number of hydrogen-bond acceptors (Lipinski definition) is 5. The summed E-state index contributed by atoms with van der Waals surface area (Å²) in [5, 5.41) is 26.5. The fourth-order valence-electron chi connectivity index (χ4n) is 4.44. The summed E-state index contributed by atoms with van der Waals surface area (Å²) in [5.41, 5.74) is 4.44. The molecule has 4 rings (SSSR count). The van der Waals surface area contributed by atoms with Gasteiger partial charge in [0, 0.05) is 25.8 Å². The average molecular weight is 546 g/mol. The van der Waals surface area contributed by atoms with E-state index in [2.05, 4.69) is 74.5 Å². The standard InChI is InChI=1S/C14H15N.C8H8N2.C6H14N2.C5H12.C2H6/c15-10-11-4-3-6-12(8-11)14-7-2-1-5-13(14)9-14;1-10-8-4-2-7(6-9)3-5-8;1-3-7-5-6-8-4-2;1-4-5(2)3;1-2/h3-4,6,8,13H,1-2,5,7,9H2;2-5,10H,1H3;3,7-8H,1,4-6H2,2H3;5H,4H2,1-3H3;1-2H3. The molecule has 0 heterocycles. The Labute approximate surface area is 246 Å². The van der Waals surface area contributed by atoms with Crippen LogP contribution in [-0.2, 0) is 5.41 Å². The SMILES string of the molecule is C=CNCCNCC.CC.CCC(C)C.CNc1ccc(C#N)cc1.N#Cc1cccc(C23CCCCC2C3)c1. The van der Waals surface area contributed by atoms with Crippen molar-refractivity contribution in [2.24, 2.45) is 11.8 Å². The van der Waals surface area contributed by atoms with Crippen molar-refractivity contribution < 1.29 is 0 Å². The first-order chi connectivity index (χ1) is 19.4. The molecule has 5 nitrogen and oxygen atoms in total. The molecule has 2 fully saturated rings. The second-order valence-corrected chi connectivity index (χ2v) is 10.2. The van der Waals surface area contributed by atoms with Crippen molar-refractivity contribution in [1.82, 2.24) is 10.6 Å². The highest BCUT2D eigenvalue weighted by Crippen LogP contribution is 2.62. The molecule has 0 radical (unpaired) electrons. The molecule has 3 N–H and O–H groups in total. The molecule has 0 spiro atoms. The second kappa shape index (κ2) is 22.5. The Morgan fingerprint density at radius 2 is 1.65 bits per heavy atom. The number of hydrogen-bond donors (Lipinski definition) is 3. The summed E-state index contributed by atoms with van der Waals surface area (Å²) in [7, 11) is 1.85. The Morgan fingerprint density at radius 3 is 2.15 bits per heavy atom. The van der Waals surface area contributed by atoms with Crippen LogP contribution in [-0.4, -0.2) is 26.7 Å². The summed E-state index contributed by atoms with van der Waals surface area (Å²) in [4.78, 5) is 0. The number of nitriles is 2. The van der Waals surface area contributed by atoms with Gasteiger partial charge in [-0.3, -0.25) is 0 Å². The van der Waals surface area contributed by atoms with E-state index >= 15 is 0 Å². The van der Waals surface area contributed by atoms with Gasteiger partial charge in [-0.15, -0.1) is 0 Å². The number of anilines is 1. The van der Waals surface area contributed by atoms with Crippen molar-refractivity contribution in [2.75, 3.05) is 32.0 Å². The Balaban J connectivity index is 0.000000535. The summed E-state index contributed by atoms with van der Waals surface area (Å²) in [6.07, 6.45) is 9.89. The van der Waals surface area contributed by atoms with E-state index < -0.39 is 0 Å². The normalized spacial score (nSPS) is 17.5. The fraction of sp³-hybridized carbons (Fsp3) is 0.543. The maximum atomic E-state index is 8.91. The Morgan fingerprint density at radius 1 is 1.00 bits per heavy atom. The van der Waals surface area contributed by atoms with E-state index in [1.807, 2.05) is 45.2 Å². The van der Waals surface area contributed by atoms with E-state index in [4.69, 9.17) is 10.5 Å². The van der Waals surface area contributed by atoms with E-state index in [-0.39, 0.29) is 0 Å². The zero-order valence-electron chi connectivity index (χ0n) is 26.3. The van der Waals surface area contributed by atoms with Gasteiger partial charge in [-0.2, -0.15) is 10.5 Å². The Kier molecular flexibility index (Phi) is 20.7. The summed E-state index contributed by atoms with van der Waals surface area (Å²) >= 11 is 0. The second-order valence-electron chi connectivity index (χ2n) is 10.2. The first kappa shape index (κ1) is 36.7. The summed E-state index contributed by atoms with van der Waals surface area (Å²) in [5.74, 6) is 1.80. The maximum Gasteiger partial charge on any atom is 0.0991 e. The molecule has 2 aromatic rings. The van der Waals surface area contributed by atoms with Crippen LogP contribution in [0.4, 0.5) is 5.69 Å². The number of benzene rings is 2. The van der Waals surface area contributed by atoms with Crippen LogP contribution in [0.1, 0.15) is 96.8 Å². The van der Waals surface area contributed by atoms with Crippen LogP contribution in [0.25, 0.3) is 0 Å². The van der Waals surface area contributed by atoms with E-state index in [1.54, 1.807) is 18.3 Å². The number of likely N-dealkylation sites (N-methyl/N-ethyl adjacent to an activating group) is 1. The molecule has 0 bridgehead atoms. The lowest BCUT2D eigenvalue weighted by molar-refractivity contribution is 0.428. The van der Waals surface area contributed by atoms with Gasteiger partial charge >= 0.3 is 0 Å². The highest BCUT2D eigenvalue weighted by molar-refractivity contribution is 5.46. The lowest BCUT2D eigenvalue weighted by Gasteiger charge is -2.22.